The van der Waals surface area contributed by atoms with Crippen molar-refractivity contribution in [1.82, 2.24) is 0 Å². The Morgan fingerprint density at radius 2 is 1.95 bits per heavy atom. The van der Waals surface area contributed by atoms with E-state index in [0.29, 0.717) is 5.02 Å². The lowest BCUT2D eigenvalue weighted by atomic mass is 10.1. The van der Waals surface area contributed by atoms with Gasteiger partial charge in [0.2, 0.25) is 0 Å². The van der Waals surface area contributed by atoms with E-state index >= 15 is 0 Å². The number of thiophene rings is 1. The maximum Gasteiger partial charge on any atom is 0.195 e. The summed E-state index contributed by atoms with van der Waals surface area (Å²) >= 11 is 12.7. The van der Waals surface area contributed by atoms with E-state index in [2.05, 4.69) is 0 Å². The SMILES string of the molecule is O=C(CS(=O)(=O)c1cccs1)c1cc(Cl)ccc1Cl. The lowest BCUT2D eigenvalue weighted by Crippen LogP contribution is -2.16. The molecule has 0 spiro atoms. The van der Waals surface area contributed by atoms with Crippen molar-refractivity contribution in [2.24, 2.45) is 0 Å². The van der Waals surface area contributed by atoms with Crippen molar-refractivity contribution in [3.05, 3.63) is 51.3 Å². The Hall–Kier alpha value is -0.880. The van der Waals surface area contributed by atoms with Crippen molar-refractivity contribution in [2.75, 3.05) is 5.75 Å². The first-order valence-corrected chi connectivity index (χ1v) is 8.43. The summed E-state index contributed by atoms with van der Waals surface area (Å²) in [4.78, 5) is 12.0. The van der Waals surface area contributed by atoms with E-state index in [4.69, 9.17) is 23.2 Å². The first kappa shape index (κ1) is 14.5. The second-order valence-electron chi connectivity index (χ2n) is 3.74. The normalized spacial score (nSPS) is 11.5. The highest BCUT2D eigenvalue weighted by Gasteiger charge is 2.22. The maximum absolute atomic E-state index is 12.0. The molecule has 0 saturated heterocycles. The summed E-state index contributed by atoms with van der Waals surface area (Å²) in [5.41, 5.74) is 0.120. The fourth-order valence-corrected chi connectivity index (χ4v) is 4.18. The monoisotopic (exact) mass is 334 g/mol. The molecule has 19 heavy (non-hydrogen) atoms. The summed E-state index contributed by atoms with van der Waals surface area (Å²) in [7, 11) is -3.63. The number of halogens is 2. The highest BCUT2D eigenvalue weighted by atomic mass is 35.5. The standard InChI is InChI=1S/C12H8Cl2O3S2/c13-8-3-4-10(14)9(6-8)11(15)7-19(16,17)12-2-1-5-18-12/h1-6H,7H2. The molecular formula is C12H8Cl2O3S2. The molecule has 0 N–H and O–H groups in total. The fraction of sp³-hybridized carbons (Fsp3) is 0.0833. The van der Waals surface area contributed by atoms with Crippen LogP contribution in [0, 0.1) is 0 Å². The van der Waals surface area contributed by atoms with E-state index in [0.717, 1.165) is 11.3 Å². The van der Waals surface area contributed by atoms with Crippen LogP contribution in [0.25, 0.3) is 0 Å². The van der Waals surface area contributed by atoms with Crippen molar-refractivity contribution in [1.29, 1.82) is 0 Å². The summed E-state index contributed by atoms with van der Waals surface area (Å²) in [6, 6.07) is 7.46. The minimum Gasteiger partial charge on any atom is -0.293 e. The summed E-state index contributed by atoms with van der Waals surface area (Å²) in [5, 5.41) is 2.17. The zero-order valence-electron chi connectivity index (χ0n) is 9.47. The van der Waals surface area contributed by atoms with Crippen molar-refractivity contribution in [2.45, 2.75) is 4.21 Å². The third kappa shape index (κ3) is 3.36. The van der Waals surface area contributed by atoms with Crippen LogP contribution in [0.3, 0.4) is 0 Å². The minimum atomic E-state index is -3.63. The molecule has 1 aromatic heterocycles. The lowest BCUT2D eigenvalue weighted by molar-refractivity contribution is 0.102. The maximum atomic E-state index is 12.0. The van der Waals surface area contributed by atoms with E-state index in [9.17, 15) is 13.2 Å². The molecule has 2 aromatic rings. The number of benzene rings is 1. The van der Waals surface area contributed by atoms with Crippen LogP contribution in [0.4, 0.5) is 0 Å². The van der Waals surface area contributed by atoms with Gasteiger partial charge in [-0.1, -0.05) is 29.3 Å². The van der Waals surface area contributed by atoms with Gasteiger partial charge in [0.25, 0.3) is 0 Å². The molecule has 0 fully saturated rings. The van der Waals surface area contributed by atoms with Crippen LogP contribution >= 0.6 is 34.5 Å². The van der Waals surface area contributed by atoms with Crippen LogP contribution in [0.15, 0.2) is 39.9 Å². The van der Waals surface area contributed by atoms with Crippen LogP contribution in [0.2, 0.25) is 10.0 Å². The molecule has 0 aliphatic carbocycles. The molecule has 0 atom stereocenters. The molecule has 0 bridgehead atoms. The number of hydrogen-bond donors (Lipinski definition) is 0. The van der Waals surface area contributed by atoms with Gasteiger partial charge in [0.05, 0.1) is 5.02 Å². The van der Waals surface area contributed by atoms with Gasteiger partial charge < -0.3 is 0 Å². The van der Waals surface area contributed by atoms with Crippen LogP contribution in [-0.2, 0) is 9.84 Å². The molecule has 0 amide bonds. The van der Waals surface area contributed by atoms with Crippen LogP contribution in [-0.4, -0.2) is 20.0 Å². The van der Waals surface area contributed by atoms with E-state index < -0.39 is 21.4 Å². The third-order valence-corrected chi connectivity index (χ3v) is 6.02. The van der Waals surface area contributed by atoms with Gasteiger partial charge in [-0.2, -0.15) is 0 Å². The number of hydrogen-bond acceptors (Lipinski definition) is 4. The van der Waals surface area contributed by atoms with Gasteiger partial charge in [0, 0.05) is 10.6 Å². The number of ketones is 1. The molecule has 1 heterocycles. The summed E-state index contributed by atoms with van der Waals surface area (Å²) in [5.74, 6) is -1.19. The Kier molecular flexibility index (Phi) is 4.30. The molecule has 7 heteroatoms. The molecule has 0 unspecified atom stereocenters. The first-order chi connectivity index (χ1) is 8.90. The summed E-state index contributed by atoms with van der Waals surface area (Å²) in [6.07, 6.45) is 0. The predicted molar refractivity (Wildman–Crippen MR) is 77.2 cm³/mol. The Labute approximate surface area is 124 Å². The molecule has 0 aliphatic heterocycles. The second-order valence-corrected chi connectivity index (χ2v) is 7.75. The molecule has 2 rings (SSSR count). The van der Waals surface area contributed by atoms with Crippen molar-refractivity contribution in [3.8, 4) is 0 Å². The van der Waals surface area contributed by atoms with Crippen molar-refractivity contribution >= 4 is 50.2 Å². The van der Waals surface area contributed by atoms with Crippen molar-refractivity contribution in [3.63, 3.8) is 0 Å². The third-order valence-electron chi connectivity index (χ3n) is 2.35. The van der Waals surface area contributed by atoms with Gasteiger partial charge in [0.15, 0.2) is 15.6 Å². The topological polar surface area (TPSA) is 51.2 Å². The highest BCUT2D eigenvalue weighted by molar-refractivity contribution is 7.94. The Morgan fingerprint density at radius 1 is 1.21 bits per heavy atom. The van der Waals surface area contributed by atoms with Gasteiger partial charge in [-0.25, -0.2) is 8.42 Å². The number of carbonyl (C=O) groups is 1. The zero-order chi connectivity index (χ0) is 14.0. The largest absolute Gasteiger partial charge is 0.293 e. The Balaban J connectivity index is 2.29. The fourth-order valence-electron chi connectivity index (χ4n) is 1.47. The lowest BCUT2D eigenvalue weighted by Gasteiger charge is -2.04. The smallest absolute Gasteiger partial charge is 0.195 e. The Morgan fingerprint density at radius 3 is 2.58 bits per heavy atom. The van der Waals surface area contributed by atoms with Gasteiger partial charge in [0.1, 0.15) is 9.96 Å². The second kappa shape index (κ2) is 5.63. The molecule has 3 nitrogen and oxygen atoms in total. The van der Waals surface area contributed by atoms with Gasteiger partial charge in [-0.05, 0) is 29.6 Å². The molecule has 100 valence electrons. The first-order valence-electron chi connectivity index (χ1n) is 5.14. The molecule has 1 aromatic carbocycles. The molecular weight excluding hydrogens is 327 g/mol. The quantitative estimate of drug-likeness (QED) is 0.801. The molecule has 0 saturated carbocycles. The summed E-state index contributed by atoms with van der Waals surface area (Å²) < 4.78 is 24.1. The summed E-state index contributed by atoms with van der Waals surface area (Å²) in [6.45, 7) is 0. The average molecular weight is 335 g/mol. The Bertz CT molecular complexity index is 707. The average Bonchev–Trinajstić information content (AvgIpc) is 2.86. The van der Waals surface area contributed by atoms with E-state index in [1.54, 1.807) is 11.4 Å². The van der Waals surface area contributed by atoms with Gasteiger partial charge in [-0.3, -0.25) is 4.79 Å². The van der Waals surface area contributed by atoms with E-state index in [1.807, 2.05) is 0 Å². The van der Waals surface area contributed by atoms with E-state index in [-0.39, 0.29) is 14.8 Å². The van der Waals surface area contributed by atoms with Gasteiger partial charge in [-0.15, -0.1) is 11.3 Å². The van der Waals surface area contributed by atoms with Crippen LogP contribution in [0.1, 0.15) is 10.4 Å². The van der Waals surface area contributed by atoms with Crippen LogP contribution in [0.5, 0.6) is 0 Å². The van der Waals surface area contributed by atoms with E-state index in [1.165, 1.54) is 24.3 Å². The van der Waals surface area contributed by atoms with Gasteiger partial charge >= 0.3 is 0 Å². The number of Topliss-reactive ketones (excluding diaryl/α,β-unsaturated/α-hetero) is 1. The van der Waals surface area contributed by atoms with Crippen molar-refractivity contribution < 1.29 is 13.2 Å². The number of carbonyl (C=O) groups excluding carboxylic acids is 1. The molecule has 0 aliphatic rings. The highest BCUT2D eigenvalue weighted by Crippen LogP contribution is 2.23. The minimum absolute atomic E-state index is 0.120. The predicted octanol–water partition coefficient (Wildman–Crippen LogP) is 3.71. The number of sulfone groups is 1. The number of rotatable bonds is 4. The zero-order valence-corrected chi connectivity index (χ0v) is 12.6. The molecule has 0 radical (unpaired) electrons. The van der Waals surface area contributed by atoms with Crippen LogP contribution < -0.4 is 0 Å².